The molecular formula is C42H34N4O4. The number of aromatic nitrogens is 2. The minimum Gasteiger partial charge on any atom is -0.494 e. The lowest BCUT2D eigenvalue weighted by molar-refractivity contribution is 0.102. The number of carbonyl (C=O) groups is 2. The second-order valence-corrected chi connectivity index (χ2v) is 11.5. The van der Waals surface area contributed by atoms with Crippen molar-refractivity contribution in [3.05, 3.63) is 145 Å². The van der Waals surface area contributed by atoms with E-state index in [2.05, 4.69) is 10.6 Å². The van der Waals surface area contributed by atoms with Crippen LogP contribution in [0.2, 0.25) is 0 Å². The van der Waals surface area contributed by atoms with Crippen molar-refractivity contribution in [3.8, 4) is 34.0 Å². The Morgan fingerprint density at radius 2 is 0.900 bits per heavy atom. The molecule has 0 saturated carbocycles. The van der Waals surface area contributed by atoms with Crippen molar-refractivity contribution in [2.24, 2.45) is 0 Å². The van der Waals surface area contributed by atoms with Crippen molar-refractivity contribution in [1.29, 1.82) is 0 Å². The highest BCUT2D eigenvalue weighted by molar-refractivity contribution is 6.14. The summed E-state index contributed by atoms with van der Waals surface area (Å²) in [6, 6.07) is 41.2. The molecule has 0 spiro atoms. The number of carbonyl (C=O) groups excluding carboxylic acids is 2. The zero-order valence-corrected chi connectivity index (χ0v) is 27.6. The molecule has 246 valence electrons. The minimum atomic E-state index is -0.266. The Labute approximate surface area is 289 Å². The monoisotopic (exact) mass is 658 g/mol. The number of anilines is 2. The third-order valence-electron chi connectivity index (χ3n) is 8.24. The van der Waals surface area contributed by atoms with Gasteiger partial charge in [0.25, 0.3) is 11.8 Å². The predicted octanol–water partition coefficient (Wildman–Crippen LogP) is 9.42. The van der Waals surface area contributed by atoms with Gasteiger partial charge >= 0.3 is 0 Å². The average molecular weight is 659 g/mol. The maximum Gasteiger partial charge on any atom is 0.256 e. The number of para-hydroxylation sites is 2. The normalized spacial score (nSPS) is 10.9. The molecule has 2 amide bonds. The largest absolute Gasteiger partial charge is 0.494 e. The van der Waals surface area contributed by atoms with E-state index in [0.717, 1.165) is 44.4 Å². The van der Waals surface area contributed by atoms with Crippen molar-refractivity contribution in [3.63, 3.8) is 0 Å². The number of pyridine rings is 2. The van der Waals surface area contributed by atoms with Crippen LogP contribution in [0.15, 0.2) is 133 Å². The number of hydrogen-bond acceptors (Lipinski definition) is 6. The second-order valence-electron chi connectivity index (χ2n) is 11.5. The average Bonchev–Trinajstić information content (AvgIpc) is 3.15. The second kappa shape index (κ2) is 14.3. The molecule has 2 N–H and O–H groups in total. The number of ether oxygens (including phenoxy) is 2. The summed E-state index contributed by atoms with van der Waals surface area (Å²) in [6.45, 7) is 5.05. The van der Waals surface area contributed by atoms with Crippen LogP contribution in [0.25, 0.3) is 44.3 Å². The van der Waals surface area contributed by atoms with E-state index < -0.39 is 0 Å². The van der Waals surface area contributed by atoms with Gasteiger partial charge in [0.1, 0.15) is 11.5 Å². The van der Waals surface area contributed by atoms with Gasteiger partial charge in [-0.25, -0.2) is 9.97 Å². The lowest BCUT2D eigenvalue weighted by Gasteiger charge is -2.13. The summed E-state index contributed by atoms with van der Waals surface area (Å²) in [5, 5.41) is 7.52. The zero-order chi connectivity index (χ0) is 34.5. The fraction of sp³-hybridized carbons (Fsp3) is 0.0952. The molecule has 8 heteroatoms. The Hall–Kier alpha value is -6.54. The van der Waals surface area contributed by atoms with Crippen molar-refractivity contribution < 1.29 is 19.1 Å². The molecular weight excluding hydrogens is 624 g/mol. The predicted molar refractivity (Wildman–Crippen MR) is 199 cm³/mol. The summed E-state index contributed by atoms with van der Waals surface area (Å²) in [5.74, 6) is 1.02. The van der Waals surface area contributed by atoms with Gasteiger partial charge < -0.3 is 20.1 Å². The fourth-order valence-electron chi connectivity index (χ4n) is 5.83. The minimum absolute atomic E-state index is 0.266. The maximum atomic E-state index is 13.7. The van der Waals surface area contributed by atoms with Crippen LogP contribution < -0.4 is 20.1 Å². The Balaban J connectivity index is 1.11. The van der Waals surface area contributed by atoms with Crippen LogP contribution in [0.4, 0.5) is 11.4 Å². The van der Waals surface area contributed by atoms with Crippen molar-refractivity contribution in [2.75, 3.05) is 23.8 Å². The Morgan fingerprint density at radius 3 is 1.28 bits per heavy atom. The van der Waals surface area contributed by atoms with Crippen molar-refractivity contribution in [2.45, 2.75) is 13.8 Å². The van der Waals surface area contributed by atoms with Gasteiger partial charge in [-0.05, 0) is 111 Å². The lowest BCUT2D eigenvalue weighted by atomic mass is 10.0. The molecule has 0 unspecified atom stereocenters. The van der Waals surface area contributed by atoms with Gasteiger partial charge in [-0.3, -0.25) is 9.59 Å². The molecule has 0 atom stereocenters. The van der Waals surface area contributed by atoms with Gasteiger partial charge in [0.05, 0.1) is 46.8 Å². The van der Waals surface area contributed by atoms with E-state index in [1.165, 1.54) is 0 Å². The molecule has 7 rings (SSSR count). The van der Waals surface area contributed by atoms with Gasteiger partial charge in [0, 0.05) is 33.3 Å². The van der Waals surface area contributed by atoms with Crippen LogP contribution in [0.1, 0.15) is 34.6 Å². The van der Waals surface area contributed by atoms with Crippen LogP contribution in [-0.4, -0.2) is 35.0 Å². The van der Waals surface area contributed by atoms with Crippen molar-refractivity contribution >= 4 is 45.0 Å². The molecule has 0 aliphatic heterocycles. The Bertz CT molecular complexity index is 2150. The van der Waals surface area contributed by atoms with E-state index in [-0.39, 0.29) is 11.8 Å². The first kappa shape index (κ1) is 32.0. The Kier molecular flexibility index (Phi) is 9.16. The first-order valence-electron chi connectivity index (χ1n) is 16.5. The summed E-state index contributed by atoms with van der Waals surface area (Å²) in [4.78, 5) is 37.0. The highest BCUT2D eigenvalue weighted by atomic mass is 16.5. The zero-order valence-electron chi connectivity index (χ0n) is 27.6. The van der Waals surface area contributed by atoms with Gasteiger partial charge in [-0.15, -0.1) is 0 Å². The molecule has 8 nitrogen and oxygen atoms in total. The SMILES string of the molecule is CCOc1ccc(-c2cc(C(=O)Nc3ccc(NC(=O)c4cc(-c5ccc(OCC)cc5)nc5ccccc45)cc3)c3ccccc3n2)cc1. The number of amides is 2. The van der Waals surface area contributed by atoms with E-state index in [1.54, 1.807) is 24.3 Å². The smallest absolute Gasteiger partial charge is 0.256 e. The summed E-state index contributed by atoms with van der Waals surface area (Å²) in [6.07, 6.45) is 0. The lowest BCUT2D eigenvalue weighted by Crippen LogP contribution is -2.14. The van der Waals surface area contributed by atoms with E-state index in [0.29, 0.717) is 47.1 Å². The van der Waals surface area contributed by atoms with Crippen LogP contribution in [0.5, 0.6) is 11.5 Å². The van der Waals surface area contributed by atoms with Gasteiger partial charge in [-0.1, -0.05) is 36.4 Å². The highest BCUT2D eigenvalue weighted by Gasteiger charge is 2.17. The number of rotatable bonds is 10. The van der Waals surface area contributed by atoms with Gasteiger partial charge in [0.15, 0.2) is 0 Å². The van der Waals surface area contributed by atoms with Crippen LogP contribution in [0, 0.1) is 0 Å². The Morgan fingerprint density at radius 1 is 0.520 bits per heavy atom. The summed E-state index contributed by atoms with van der Waals surface area (Å²) >= 11 is 0. The first-order chi connectivity index (χ1) is 24.5. The highest BCUT2D eigenvalue weighted by Crippen LogP contribution is 2.29. The third-order valence-corrected chi connectivity index (χ3v) is 8.24. The molecule has 0 aliphatic carbocycles. The number of nitrogens with one attached hydrogen (secondary N) is 2. The molecule has 0 bridgehead atoms. The first-order valence-corrected chi connectivity index (χ1v) is 16.5. The molecule has 7 aromatic rings. The van der Waals surface area contributed by atoms with Gasteiger partial charge in [0.2, 0.25) is 0 Å². The van der Waals surface area contributed by atoms with Crippen LogP contribution in [0.3, 0.4) is 0 Å². The summed E-state index contributed by atoms with van der Waals surface area (Å²) in [7, 11) is 0. The standard InChI is InChI=1S/C42H34N4O4/c1-3-49-31-21-13-27(14-22-31)39-25-35(33-9-5-7-11-37(33)45-39)41(47)43-29-17-19-30(20-18-29)44-42(48)36-26-40(46-38-12-8-6-10-34(36)38)28-15-23-32(24-16-28)50-4-2/h5-26H,3-4H2,1-2H3,(H,43,47)(H,44,48). The maximum absolute atomic E-state index is 13.7. The number of hydrogen-bond donors (Lipinski definition) is 2. The number of nitrogens with zero attached hydrogens (tertiary/aromatic N) is 2. The number of fused-ring (bicyclic) bond motifs is 2. The molecule has 5 aromatic carbocycles. The molecule has 2 heterocycles. The van der Waals surface area contributed by atoms with E-state index in [9.17, 15) is 9.59 Å². The van der Waals surface area contributed by atoms with Crippen LogP contribution in [-0.2, 0) is 0 Å². The summed E-state index contributed by atoms with van der Waals surface area (Å²) < 4.78 is 11.2. The van der Waals surface area contributed by atoms with Gasteiger partial charge in [-0.2, -0.15) is 0 Å². The number of benzene rings is 5. The topological polar surface area (TPSA) is 102 Å². The van der Waals surface area contributed by atoms with E-state index in [1.807, 2.05) is 123 Å². The van der Waals surface area contributed by atoms with Crippen molar-refractivity contribution in [1.82, 2.24) is 9.97 Å². The van der Waals surface area contributed by atoms with Crippen LogP contribution >= 0.6 is 0 Å². The summed E-state index contributed by atoms with van der Waals surface area (Å²) in [5.41, 5.74) is 6.74. The molecule has 0 aliphatic rings. The van der Waals surface area contributed by atoms with E-state index >= 15 is 0 Å². The quantitative estimate of drug-likeness (QED) is 0.152. The molecule has 50 heavy (non-hydrogen) atoms. The fourth-order valence-corrected chi connectivity index (χ4v) is 5.83. The molecule has 0 saturated heterocycles. The third kappa shape index (κ3) is 6.86. The van der Waals surface area contributed by atoms with E-state index in [4.69, 9.17) is 19.4 Å². The molecule has 0 fully saturated rings. The molecule has 2 aromatic heterocycles. The molecule has 0 radical (unpaired) electrons.